The Morgan fingerprint density at radius 3 is 2.48 bits per heavy atom. The first-order chi connectivity index (χ1) is 9.73. The molecule has 0 atom stereocenters. The van der Waals surface area contributed by atoms with Gasteiger partial charge < -0.3 is 17.6 Å². The van der Waals surface area contributed by atoms with Crippen LogP contribution in [-0.2, 0) is 4.79 Å². The number of hydrogen-bond acceptors (Lipinski definition) is 1. The van der Waals surface area contributed by atoms with E-state index in [1.165, 1.54) is 0 Å². The van der Waals surface area contributed by atoms with E-state index in [0.29, 0.717) is 23.1 Å². The van der Waals surface area contributed by atoms with Crippen LogP contribution in [-0.4, -0.2) is 27.9 Å². The number of aldehydes is 1. The number of fused-ring (bicyclic) bond motifs is 2. The Morgan fingerprint density at radius 1 is 1.29 bits per heavy atom. The molecule has 0 aliphatic carbocycles. The van der Waals surface area contributed by atoms with Crippen LogP contribution < -0.4 is 0 Å². The van der Waals surface area contributed by atoms with Crippen LogP contribution in [0, 0.1) is 13.8 Å². The first kappa shape index (κ1) is 14.3. The van der Waals surface area contributed by atoms with Gasteiger partial charge in [-0.15, -0.1) is 0 Å². The zero-order valence-electron chi connectivity index (χ0n) is 12.2. The molecule has 0 saturated heterocycles. The molecule has 21 heavy (non-hydrogen) atoms. The summed E-state index contributed by atoms with van der Waals surface area (Å²) in [4.78, 5) is 11.6. The molecule has 0 unspecified atom stereocenters. The van der Waals surface area contributed by atoms with Crippen molar-refractivity contribution in [2.75, 3.05) is 0 Å². The minimum atomic E-state index is -4.06. The molecule has 0 bridgehead atoms. The molecule has 0 amide bonds. The van der Waals surface area contributed by atoms with Gasteiger partial charge in [0.15, 0.2) is 17.7 Å². The van der Waals surface area contributed by atoms with Crippen molar-refractivity contribution in [1.29, 1.82) is 0 Å². The largest absolute Gasteiger partial charge is 0.737 e. The van der Waals surface area contributed by atoms with E-state index in [-0.39, 0.29) is 27.7 Å². The van der Waals surface area contributed by atoms with E-state index in [9.17, 15) is 4.79 Å². The minimum Gasteiger partial charge on any atom is -0.393 e. The van der Waals surface area contributed by atoms with Gasteiger partial charge in [0.1, 0.15) is 10.6 Å². The molecule has 0 radical (unpaired) electrons. The Balaban J connectivity index is 2.54. The van der Waals surface area contributed by atoms with Gasteiger partial charge in [0, 0.05) is 18.2 Å². The number of halogens is 3. The van der Waals surface area contributed by atoms with E-state index in [4.69, 9.17) is 11.6 Å². The molecule has 3 nitrogen and oxygen atoms in total. The quantitative estimate of drug-likeness (QED) is 0.577. The fourth-order valence-electron chi connectivity index (χ4n) is 3.45. The number of hydrogen-bond donors (Lipinski definition) is 0. The number of rotatable bonds is 1. The highest BCUT2D eigenvalue weighted by atomic mass is 35.5. The van der Waals surface area contributed by atoms with Crippen molar-refractivity contribution < 1.29 is 17.9 Å². The van der Waals surface area contributed by atoms with Gasteiger partial charge in [-0.3, -0.25) is 4.79 Å². The van der Waals surface area contributed by atoms with Crippen LogP contribution in [0.1, 0.15) is 30.8 Å². The Hall–Kier alpha value is -1.69. The minimum absolute atomic E-state index is 0.228. The van der Waals surface area contributed by atoms with E-state index in [1.807, 2.05) is 0 Å². The number of aryl methyl sites for hydroxylation is 2. The van der Waals surface area contributed by atoms with Gasteiger partial charge in [0.25, 0.3) is 0 Å². The molecule has 1 aromatic rings. The molecule has 0 aromatic carbocycles. The molecule has 2 aliphatic rings. The third kappa shape index (κ3) is 1.54. The summed E-state index contributed by atoms with van der Waals surface area (Å²) < 4.78 is 31.9. The van der Waals surface area contributed by atoms with Crippen molar-refractivity contribution >= 4 is 36.1 Å². The lowest BCUT2D eigenvalue weighted by Crippen LogP contribution is -2.51. The zero-order chi connectivity index (χ0) is 15.7. The fourth-order valence-corrected chi connectivity index (χ4v) is 3.63. The predicted molar refractivity (Wildman–Crippen MR) is 79.8 cm³/mol. The van der Waals surface area contributed by atoms with Crippen molar-refractivity contribution in [1.82, 2.24) is 4.48 Å². The first-order valence-electron chi connectivity index (χ1n) is 6.64. The molecule has 0 saturated carbocycles. The van der Waals surface area contributed by atoms with Crippen molar-refractivity contribution in [2.45, 2.75) is 27.7 Å². The van der Waals surface area contributed by atoms with Crippen LogP contribution in [0.2, 0.25) is 0 Å². The topological polar surface area (TPSA) is 25.0 Å². The standard InChI is InChI=1S/C14H14BClF2N2O/c1-7-5-8(2)19-13(7)11(6-21)14-9(3)12(16)10(4)20(14)15(19,17)18/h5-6H,1-4H3. The van der Waals surface area contributed by atoms with Crippen molar-refractivity contribution in [2.24, 2.45) is 0 Å². The first-order valence-corrected chi connectivity index (χ1v) is 7.02. The maximum atomic E-state index is 15.0. The second-order valence-corrected chi connectivity index (χ2v) is 5.93. The lowest BCUT2D eigenvalue weighted by atomic mass is 9.86. The van der Waals surface area contributed by atoms with Gasteiger partial charge in [0.2, 0.25) is 0 Å². The number of carbonyl (C=O) groups is 1. The van der Waals surface area contributed by atoms with Crippen molar-refractivity contribution in [3.05, 3.63) is 39.3 Å². The third-order valence-corrected chi connectivity index (χ3v) is 4.83. The van der Waals surface area contributed by atoms with Gasteiger partial charge in [-0.05, 0) is 38.1 Å². The molecular formula is C14H14BClF2N2O. The number of carbonyl (C=O) groups excluding carboxylic acids is 1. The molecule has 0 N–H and O–H groups in total. The molecule has 0 spiro atoms. The predicted octanol–water partition coefficient (Wildman–Crippen LogP) is 3.25. The zero-order valence-corrected chi connectivity index (χ0v) is 12.9. The summed E-state index contributed by atoms with van der Waals surface area (Å²) in [6.45, 7) is 2.50. The Kier molecular flexibility index (Phi) is 2.83. The van der Waals surface area contributed by atoms with Gasteiger partial charge in [0.05, 0.1) is 0 Å². The van der Waals surface area contributed by atoms with Crippen LogP contribution in [0.25, 0.3) is 5.57 Å². The second kappa shape index (κ2) is 4.16. The van der Waals surface area contributed by atoms with Crippen LogP contribution in [0.3, 0.4) is 0 Å². The molecule has 7 heteroatoms. The molecule has 2 aliphatic heterocycles. The van der Waals surface area contributed by atoms with Gasteiger partial charge in [-0.1, -0.05) is 11.6 Å². The average Bonchev–Trinajstić information content (AvgIpc) is 2.82. The molecular weight excluding hydrogens is 296 g/mol. The van der Waals surface area contributed by atoms with E-state index in [2.05, 4.69) is 0 Å². The molecule has 3 heterocycles. The number of allylic oxidation sites excluding steroid dienone is 3. The smallest absolute Gasteiger partial charge is 0.393 e. The van der Waals surface area contributed by atoms with Crippen LogP contribution in [0.5, 0.6) is 0 Å². The maximum Gasteiger partial charge on any atom is 0.737 e. The Morgan fingerprint density at radius 2 is 1.90 bits per heavy atom. The summed E-state index contributed by atoms with van der Waals surface area (Å²) in [5.74, 6) is 0. The summed E-state index contributed by atoms with van der Waals surface area (Å²) in [6, 6.07) is 1.67. The van der Waals surface area contributed by atoms with Crippen molar-refractivity contribution in [3.63, 3.8) is 0 Å². The lowest BCUT2D eigenvalue weighted by molar-refractivity contribution is -0.363. The average molecular weight is 311 g/mol. The monoisotopic (exact) mass is 310 g/mol. The highest BCUT2D eigenvalue weighted by molar-refractivity contribution is 6.60. The highest BCUT2D eigenvalue weighted by Gasteiger charge is 2.56. The van der Waals surface area contributed by atoms with Crippen LogP contribution in [0.15, 0.2) is 22.4 Å². The van der Waals surface area contributed by atoms with E-state index >= 15 is 8.63 Å². The van der Waals surface area contributed by atoms with Crippen molar-refractivity contribution in [3.8, 4) is 0 Å². The summed E-state index contributed by atoms with van der Waals surface area (Å²) >= 11 is 6.15. The Labute approximate surface area is 126 Å². The normalized spacial score (nSPS) is 20.1. The molecule has 0 fully saturated rings. The van der Waals surface area contributed by atoms with E-state index in [1.54, 1.807) is 33.8 Å². The molecule has 1 aromatic heterocycles. The number of nitrogens with zero attached hydrogens (tertiary/aromatic N) is 2. The summed E-state index contributed by atoms with van der Waals surface area (Å²) in [5.41, 5.74) is 2.67. The Bertz CT molecular complexity index is 802. The highest BCUT2D eigenvalue weighted by Crippen LogP contribution is 2.42. The summed E-state index contributed by atoms with van der Waals surface area (Å²) in [5, 5.41) is 0.284. The SMILES string of the molecule is CC1=C(Cl)C(C)=[N+]2C1=C(C=O)c1c(C)cc(C)n1[B-]2(F)F. The van der Waals surface area contributed by atoms with Gasteiger partial charge >= 0.3 is 6.97 Å². The van der Waals surface area contributed by atoms with E-state index < -0.39 is 6.97 Å². The van der Waals surface area contributed by atoms with Crippen LogP contribution in [0.4, 0.5) is 8.63 Å². The third-order valence-electron chi connectivity index (χ3n) is 4.27. The molecule has 3 rings (SSSR count). The second-order valence-electron chi connectivity index (χ2n) is 5.55. The summed E-state index contributed by atoms with van der Waals surface area (Å²) in [6.07, 6.45) is 0.637. The van der Waals surface area contributed by atoms with Gasteiger partial charge in [-0.2, -0.15) is 0 Å². The van der Waals surface area contributed by atoms with Crippen LogP contribution >= 0.6 is 11.6 Å². The maximum absolute atomic E-state index is 15.0. The summed E-state index contributed by atoms with van der Waals surface area (Å²) in [7, 11) is 0. The lowest BCUT2D eigenvalue weighted by Gasteiger charge is -2.32. The number of aromatic nitrogens is 1. The fraction of sp³-hybridized carbons (Fsp3) is 0.286. The van der Waals surface area contributed by atoms with E-state index in [0.717, 1.165) is 8.96 Å². The van der Waals surface area contributed by atoms with Gasteiger partial charge in [-0.25, -0.2) is 0 Å². The molecule has 110 valence electrons.